The summed E-state index contributed by atoms with van der Waals surface area (Å²) in [5.74, 6) is 1.58. The fourth-order valence-electron chi connectivity index (χ4n) is 4.04. The Hall–Kier alpha value is -2.92. The maximum atomic E-state index is 12.4. The molecule has 1 atom stereocenters. The highest BCUT2D eigenvalue weighted by atomic mass is 79.9. The fraction of sp³-hybridized carbons (Fsp3) is 0.286. The first kappa shape index (κ1) is 23.2. The Bertz CT molecular complexity index is 1230. The van der Waals surface area contributed by atoms with Crippen LogP contribution in [0.15, 0.2) is 77.3 Å². The average Bonchev–Trinajstić information content (AvgIpc) is 3.18. The number of amides is 1. The number of nitrogens with zero attached hydrogens (tertiary/aromatic N) is 2. The number of nitrogens with one attached hydrogen (secondary N) is 1. The van der Waals surface area contributed by atoms with Crippen molar-refractivity contribution in [1.82, 2.24) is 14.9 Å². The van der Waals surface area contributed by atoms with Crippen LogP contribution in [0.25, 0.3) is 11.0 Å². The van der Waals surface area contributed by atoms with Gasteiger partial charge in [-0.15, -0.1) is 0 Å². The van der Waals surface area contributed by atoms with Gasteiger partial charge >= 0.3 is 0 Å². The minimum absolute atomic E-state index is 0.0498. The SMILES string of the molecule is CCC(C)c1ccc(Cn2c(CCCNC(=O)c3cccc(Br)c3)nc3ccccc32)cc1. The molecule has 4 rings (SSSR count). The molecule has 5 heteroatoms. The van der Waals surface area contributed by atoms with E-state index in [1.807, 2.05) is 30.3 Å². The van der Waals surface area contributed by atoms with E-state index in [-0.39, 0.29) is 5.91 Å². The average molecular weight is 504 g/mol. The molecule has 0 aliphatic rings. The molecule has 0 saturated carbocycles. The van der Waals surface area contributed by atoms with Gasteiger partial charge in [-0.05, 0) is 60.2 Å². The second kappa shape index (κ2) is 10.8. The number of carbonyl (C=O) groups excluding carboxylic acids is 1. The Labute approximate surface area is 204 Å². The third-order valence-electron chi connectivity index (χ3n) is 6.18. The van der Waals surface area contributed by atoms with Gasteiger partial charge in [0.2, 0.25) is 0 Å². The van der Waals surface area contributed by atoms with Gasteiger partial charge in [0.05, 0.1) is 11.0 Å². The maximum absolute atomic E-state index is 12.4. The molecule has 1 amide bonds. The highest BCUT2D eigenvalue weighted by Crippen LogP contribution is 2.22. The van der Waals surface area contributed by atoms with E-state index in [2.05, 4.69) is 82.1 Å². The lowest BCUT2D eigenvalue weighted by atomic mass is 9.97. The minimum atomic E-state index is -0.0498. The molecule has 0 aliphatic heterocycles. The summed E-state index contributed by atoms with van der Waals surface area (Å²) in [5.41, 5.74) is 5.49. The summed E-state index contributed by atoms with van der Waals surface area (Å²) in [6, 6.07) is 24.7. The molecule has 0 radical (unpaired) electrons. The van der Waals surface area contributed by atoms with Gasteiger partial charge in [0.15, 0.2) is 0 Å². The topological polar surface area (TPSA) is 46.9 Å². The lowest BCUT2D eigenvalue weighted by Crippen LogP contribution is -2.25. The first-order chi connectivity index (χ1) is 16.0. The van der Waals surface area contributed by atoms with Crippen LogP contribution in [0.5, 0.6) is 0 Å². The van der Waals surface area contributed by atoms with Crippen molar-refractivity contribution in [2.24, 2.45) is 0 Å². The zero-order chi connectivity index (χ0) is 23.2. The number of rotatable bonds is 9. The zero-order valence-electron chi connectivity index (χ0n) is 19.2. The Morgan fingerprint density at radius 3 is 2.61 bits per heavy atom. The van der Waals surface area contributed by atoms with Crippen molar-refractivity contribution in [1.29, 1.82) is 0 Å². The number of fused-ring (bicyclic) bond motifs is 1. The number of halogens is 1. The Kier molecular flexibility index (Phi) is 7.61. The molecule has 0 spiro atoms. The second-order valence-corrected chi connectivity index (χ2v) is 9.44. The van der Waals surface area contributed by atoms with Crippen molar-refractivity contribution in [3.8, 4) is 0 Å². The number of hydrogen-bond donors (Lipinski definition) is 1. The molecule has 3 aromatic carbocycles. The van der Waals surface area contributed by atoms with Gasteiger partial charge in [0.1, 0.15) is 5.82 Å². The number of hydrogen-bond acceptors (Lipinski definition) is 2. The van der Waals surface area contributed by atoms with Crippen molar-refractivity contribution in [3.63, 3.8) is 0 Å². The van der Waals surface area contributed by atoms with E-state index in [0.29, 0.717) is 18.0 Å². The Balaban J connectivity index is 1.44. The van der Waals surface area contributed by atoms with Crippen molar-refractivity contribution < 1.29 is 4.79 Å². The smallest absolute Gasteiger partial charge is 0.251 e. The standard InChI is InChI=1S/C28H30BrN3O/c1-3-20(2)22-15-13-21(14-16-22)19-32-26-11-5-4-10-25(26)31-27(32)12-7-17-30-28(33)23-8-6-9-24(29)18-23/h4-6,8-11,13-16,18,20H,3,7,12,17,19H2,1-2H3,(H,30,33). The predicted octanol–water partition coefficient (Wildman–Crippen LogP) is 6.72. The first-order valence-corrected chi connectivity index (χ1v) is 12.4. The lowest BCUT2D eigenvalue weighted by Gasteiger charge is -2.12. The van der Waals surface area contributed by atoms with E-state index in [9.17, 15) is 4.79 Å². The summed E-state index contributed by atoms with van der Waals surface area (Å²) >= 11 is 3.42. The highest BCUT2D eigenvalue weighted by molar-refractivity contribution is 9.10. The monoisotopic (exact) mass is 503 g/mol. The molecule has 0 aliphatic carbocycles. The molecule has 1 unspecified atom stereocenters. The van der Waals surface area contributed by atoms with Crippen LogP contribution in [-0.4, -0.2) is 22.0 Å². The number of para-hydroxylation sites is 2. The van der Waals surface area contributed by atoms with Crippen LogP contribution in [0, 0.1) is 0 Å². The Morgan fingerprint density at radius 2 is 1.85 bits per heavy atom. The molecular weight excluding hydrogens is 474 g/mol. The van der Waals surface area contributed by atoms with E-state index in [1.165, 1.54) is 11.1 Å². The molecule has 1 N–H and O–H groups in total. The largest absolute Gasteiger partial charge is 0.352 e. The van der Waals surface area contributed by atoms with Gasteiger partial charge in [-0.25, -0.2) is 4.98 Å². The maximum Gasteiger partial charge on any atom is 0.251 e. The van der Waals surface area contributed by atoms with Crippen LogP contribution >= 0.6 is 15.9 Å². The van der Waals surface area contributed by atoms with Crippen LogP contribution in [0.2, 0.25) is 0 Å². The van der Waals surface area contributed by atoms with E-state index in [4.69, 9.17) is 4.98 Å². The first-order valence-electron chi connectivity index (χ1n) is 11.6. The molecule has 0 fully saturated rings. The van der Waals surface area contributed by atoms with Crippen LogP contribution in [0.1, 0.15) is 59.9 Å². The number of carbonyl (C=O) groups is 1. The van der Waals surface area contributed by atoms with E-state index in [0.717, 1.165) is 47.1 Å². The summed E-state index contributed by atoms with van der Waals surface area (Å²) in [5, 5.41) is 3.02. The quantitative estimate of drug-likeness (QED) is 0.257. The van der Waals surface area contributed by atoms with Gasteiger partial charge in [0.25, 0.3) is 5.91 Å². The normalized spacial score (nSPS) is 12.1. The van der Waals surface area contributed by atoms with Gasteiger partial charge in [-0.3, -0.25) is 4.79 Å². The molecule has 33 heavy (non-hydrogen) atoms. The van der Waals surface area contributed by atoms with Crippen LogP contribution in [-0.2, 0) is 13.0 Å². The summed E-state index contributed by atoms with van der Waals surface area (Å²) in [4.78, 5) is 17.3. The Morgan fingerprint density at radius 1 is 1.06 bits per heavy atom. The van der Waals surface area contributed by atoms with E-state index < -0.39 is 0 Å². The van der Waals surface area contributed by atoms with E-state index >= 15 is 0 Å². The molecule has 1 aromatic heterocycles. The fourth-order valence-corrected chi connectivity index (χ4v) is 4.44. The van der Waals surface area contributed by atoms with Crippen LogP contribution < -0.4 is 5.32 Å². The van der Waals surface area contributed by atoms with Crippen molar-refractivity contribution in [2.45, 2.75) is 45.6 Å². The number of aromatic nitrogens is 2. The summed E-state index contributed by atoms with van der Waals surface area (Å²) in [6.07, 6.45) is 2.78. The van der Waals surface area contributed by atoms with Gasteiger partial charge in [-0.1, -0.05) is 72.2 Å². The predicted molar refractivity (Wildman–Crippen MR) is 139 cm³/mol. The molecule has 4 nitrogen and oxygen atoms in total. The van der Waals surface area contributed by atoms with Crippen LogP contribution in [0.4, 0.5) is 0 Å². The van der Waals surface area contributed by atoms with Crippen molar-refractivity contribution in [3.05, 3.63) is 99.8 Å². The molecule has 0 bridgehead atoms. The number of aryl methyl sites for hydroxylation is 1. The molecule has 1 heterocycles. The minimum Gasteiger partial charge on any atom is -0.352 e. The summed E-state index contributed by atoms with van der Waals surface area (Å²) in [6.45, 7) is 5.90. The zero-order valence-corrected chi connectivity index (χ0v) is 20.8. The van der Waals surface area contributed by atoms with Crippen LogP contribution in [0.3, 0.4) is 0 Å². The van der Waals surface area contributed by atoms with E-state index in [1.54, 1.807) is 0 Å². The van der Waals surface area contributed by atoms with Gasteiger partial charge < -0.3 is 9.88 Å². The van der Waals surface area contributed by atoms with Crippen molar-refractivity contribution >= 4 is 32.9 Å². The summed E-state index contributed by atoms with van der Waals surface area (Å²) in [7, 11) is 0. The molecule has 170 valence electrons. The summed E-state index contributed by atoms with van der Waals surface area (Å²) < 4.78 is 3.21. The molecule has 0 saturated heterocycles. The number of imidazole rings is 1. The molecule has 4 aromatic rings. The second-order valence-electron chi connectivity index (χ2n) is 8.52. The lowest BCUT2D eigenvalue weighted by molar-refractivity contribution is 0.0953. The van der Waals surface area contributed by atoms with Gasteiger partial charge in [0, 0.05) is 29.5 Å². The highest BCUT2D eigenvalue weighted by Gasteiger charge is 2.12. The third kappa shape index (κ3) is 5.72. The number of benzene rings is 3. The van der Waals surface area contributed by atoms with Crippen molar-refractivity contribution in [2.75, 3.05) is 6.54 Å². The van der Waals surface area contributed by atoms with Gasteiger partial charge in [-0.2, -0.15) is 0 Å². The molecular formula is C28H30BrN3O. The third-order valence-corrected chi connectivity index (χ3v) is 6.68.